The molecule has 0 spiro atoms. The number of unbranched alkanes of at least 4 members (excludes halogenated alkanes) is 1. The number of nitrogens with zero attached hydrogens (tertiary/aromatic N) is 1. The second kappa shape index (κ2) is 10.6. The standard InChI is InChI=1S/C25H35NO3/c1-24(2)19-12-20-25(3,4)26(24)29-22(15-10-7-11-16-23(27)28-5)18-17-21-13-8-6-9-14-21/h6,8-9,11,13-14,16,22H,7,10,12,15,19-20H2,1-5H3/b16-11+. The normalized spacial score (nSPS) is 19.3. The quantitative estimate of drug-likeness (QED) is 0.271. The van der Waals surface area contributed by atoms with Gasteiger partial charge in [-0.25, -0.2) is 4.79 Å². The highest BCUT2D eigenvalue weighted by Crippen LogP contribution is 2.39. The van der Waals surface area contributed by atoms with Gasteiger partial charge in [0.25, 0.3) is 0 Å². The SMILES string of the molecule is COC(=O)/C=C/CCCC(C#Cc1ccccc1)ON1C(C)(C)CCCC1(C)C. The fraction of sp³-hybridized carbons (Fsp3) is 0.560. The maximum atomic E-state index is 11.2. The monoisotopic (exact) mass is 397 g/mol. The number of rotatable bonds is 7. The van der Waals surface area contributed by atoms with Crippen LogP contribution < -0.4 is 0 Å². The number of carbonyl (C=O) groups is 1. The predicted octanol–water partition coefficient (Wildman–Crippen LogP) is 5.28. The van der Waals surface area contributed by atoms with Gasteiger partial charge in [0.15, 0.2) is 0 Å². The van der Waals surface area contributed by atoms with Crippen molar-refractivity contribution < 1.29 is 14.4 Å². The molecule has 0 amide bonds. The van der Waals surface area contributed by atoms with Gasteiger partial charge in [-0.1, -0.05) is 36.1 Å². The Bertz CT molecular complexity index is 724. The van der Waals surface area contributed by atoms with E-state index in [2.05, 4.69) is 49.3 Å². The minimum Gasteiger partial charge on any atom is -0.466 e. The molecule has 1 aromatic carbocycles. The van der Waals surface area contributed by atoms with Gasteiger partial charge in [-0.2, -0.15) is 5.06 Å². The Kier molecular flexibility index (Phi) is 8.49. The van der Waals surface area contributed by atoms with Gasteiger partial charge in [-0.05, 0) is 78.4 Å². The van der Waals surface area contributed by atoms with Crippen molar-refractivity contribution in [3.05, 3.63) is 48.0 Å². The van der Waals surface area contributed by atoms with E-state index in [0.29, 0.717) is 0 Å². The van der Waals surface area contributed by atoms with Crippen LogP contribution in [0.5, 0.6) is 0 Å². The molecule has 0 aliphatic carbocycles. The van der Waals surface area contributed by atoms with E-state index in [1.165, 1.54) is 19.6 Å². The number of carbonyl (C=O) groups excluding carboxylic acids is 1. The summed E-state index contributed by atoms with van der Waals surface area (Å²) in [4.78, 5) is 17.7. The van der Waals surface area contributed by atoms with Crippen molar-refractivity contribution in [2.75, 3.05) is 7.11 Å². The van der Waals surface area contributed by atoms with Crippen LogP contribution >= 0.6 is 0 Å². The molecule has 29 heavy (non-hydrogen) atoms. The van der Waals surface area contributed by atoms with Gasteiger partial charge in [-0.15, -0.1) is 0 Å². The third-order valence-electron chi connectivity index (χ3n) is 5.35. The van der Waals surface area contributed by atoms with E-state index in [0.717, 1.165) is 37.7 Å². The highest BCUT2D eigenvalue weighted by Gasteiger charge is 2.43. The number of hydrogen-bond acceptors (Lipinski definition) is 4. The lowest BCUT2D eigenvalue weighted by Gasteiger charge is -2.52. The number of hydrogen-bond donors (Lipinski definition) is 0. The fourth-order valence-electron chi connectivity index (χ4n) is 3.89. The summed E-state index contributed by atoms with van der Waals surface area (Å²) in [6, 6.07) is 10.0. The molecule has 2 rings (SSSR count). The number of benzene rings is 1. The Morgan fingerprint density at radius 3 is 2.45 bits per heavy atom. The summed E-state index contributed by atoms with van der Waals surface area (Å²) in [5.74, 6) is 6.28. The Morgan fingerprint density at radius 2 is 1.83 bits per heavy atom. The molecule has 1 aliphatic rings. The van der Waals surface area contributed by atoms with E-state index >= 15 is 0 Å². The first-order valence-electron chi connectivity index (χ1n) is 10.5. The van der Waals surface area contributed by atoms with Crippen LogP contribution in [0.25, 0.3) is 0 Å². The van der Waals surface area contributed by atoms with Gasteiger partial charge in [0.1, 0.15) is 6.10 Å². The third kappa shape index (κ3) is 7.34. The molecule has 1 aliphatic heterocycles. The van der Waals surface area contributed by atoms with Gasteiger partial charge in [0.05, 0.1) is 7.11 Å². The molecule has 0 radical (unpaired) electrons. The van der Waals surface area contributed by atoms with Crippen molar-refractivity contribution in [2.24, 2.45) is 0 Å². The van der Waals surface area contributed by atoms with Crippen molar-refractivity contribution >= 4 is 5.97 Å². The first kappa shape index (κ1) is 23.2. The number of allylic oxidation sites excluding steroid dienone is 1. The number of piperidine rings is 1. The Labute approximate surface area is 176 Å². The van der Waals surface area contributed by atoms with E-state index in [1.807, 2.05) is 36.4 Å². The molecular weight excluding hydrogens is 362 g/mol. The molecule has 158 valence electrons. The van der Waals surface area contributed by atoms with E-state index < -0.39 is 0 Å². The first-order chi connectivity index (χ1) is 13.7. The lowest BCUT2D eigenvalue weighted by molar-refractivity contribution is -0.295. The highest BCUT2D eigenvalue weighted by molar-refractivity contribution is 5.81. The second-order valence-corrected chi connectivity index (χ2v) is 8.86. The average molecular weight is 398 g/mol. The summed E-state index contributed by atoms with van der Waals surface area (Å²) in [6.45, 7) is 8.98. The van der Waals surface area contributed by atoms with Crippen LogP contribution in [-0.4, -0.2) is 35.3 Å². The summed E-state index contributed by atoms with van der Waals surface area (Å²) in [5, 5.41) is 2.18. The highest BCUT2D eigenvalue weighted by atomic mass is 16.7. The minimum absolute atomic E-state index is 0.0286. The third-order valence-corrected chi connectivity index (χ3v) is 5.35. The zero-order valence-electron chi connectivity index (χ0n) is 18.5. The number of hydroxylamine groups is 2. The second-order valence-electron chi connectivity index (χ2n) is 8.86. The average Bonchev–Trinajstić information content (AvgIpc) is 2.68. The molecule has 1 saturated heterocycles. The van der Waals surface area contributed by atoms with Gasteiger partial charge in [0.2, 0.25) is 0 Å². The molecule has 1 unspecified atom stereocenters. The minimum atomic E-state index is -0.321. The molecule has 0 bridgehead atoms. The summed E-state index contributed by atoms with van der Waals surface area (Å²) < 4.78 is 4.63. The van der Waals surface area contributed by atoms with E-state index in [1.54, 1.807) is 0 Å². The zero-order valence-corrected chi connectivity index (χ0v) is 18.5. The van der Waals surface area contributed by atoms with Crippen molar-refractivity contribution in [1.82, 2.24) is 5.06 Å². The van der Waals surface area contributed by atoms with Crippen molar-refractivity contribution in [3.63, 3.8) is 0 Å². The van der Waals surface area contributed by atoms with E-state index in [-0.39, 0.29) is 23.2 Å². The van der Waals surface area contributed by atoms with Crippen LogP contribution in [0.4, 0.5) is 0 Å². The van der Waals surface area contributed by atoms with Gasteiger partial charge in [0, 0.05) is 22.7 Å². The van der Waals surface area contributed by atoms with Gasteiger partial charge < -0.3 is 4.74 Å². The summed E-state index contributed by atoms with van der Waals surface area (Å²) in [5.41, 5.74) is 0.933. The first-order valence-corrected chi connectivity index (χ1v) is 10.5. The molecule has 0 N–H and O–H groups in total. The molecular formula is C25H35NO3. The van der Waals surface area contributed by atoms with Crippen molar-refractivity contribution in [1.29, 1.82) is 0 Å². The summed E-state index contributed by atoms with van der Waals surface area (Å²) in [7, 11) is 1.39. The maximum Gasteiger partial charge on any atom is 0.330 e. The summed E-state index contributed by atoms with van der Waals surface area (Å²) in [6.07, 6.45) is 9.02. The zero-order chi connectivity index (χ0) is 21.3. The van der Waals surface area contributed by atoms with E-state index in [9.17, 15) is 4.79 Å². The van der Waals surface area contributed by atoms with Crippen molar-refractivity contribution in [3.8, 4) is 11.8 Å². The number of ether oxygens (including phenoxy) is 1. The molecule has 4 nitrogen and oxygen atoms in total. The molecule has 0 saturated carbocycles. The van der Waals surface area contributed by atoms with Crippen molar-refractivity contribution in [2.45, 2.75) is 83.4 Å². The molecule has 4 heteroatoms. The Balaban J connectivity index is 2.10. The Morgan fingerprint density at radius 1 is 1.17 bits per heavy atom. The van der Waals surface area contributed by atoms with Crippen LogP contribution in [0.1, 0.15) is 71.8 Å². The molecule has 1 atom stereocenters. The van der Waals surface area contributed by atoms with Crippen LogP contribution in [0.15, 0.2) is 42.5 Å². The smallest absolute Gasteiger partial charge is 0.330 e. The molecule has 1 heterocycles. The fourth-order valence-corrected chi connectivity index (χ4v) is 3.89. The van der Waals surface area contributed by atoms with Crippen LogP contribution in [0.3, 0.4) is 0 Å². The van der Waals surface area contributed by atoms with Crippen LogP contribution in [-0.2, 0) is 14.4 Å². The Hall–Kier alpha value is -2.09. The predicted molar refractivity (Wildman–Crippen MR) is 117 cm³/mol. The molecule has 0 aromatic heterocycles. The lowest BCUT2D eigenvalue weighted by Crippen LogP contribution is -2.59. The molecule has 1 fully saturated rings. The topological polar surface area (TPSA) is 38.8 Å². The van der Waals surface area contributed by atoms with Gasteiger partial charge in [-0.3, -0.25) is 4.84 Å². The van der Waals surface area contributed by atoms with Crippen LogP contribution in [0.2, 0.25) is 0 Å². The number of esters is 1. The number of methoxy groups -OCH3 is 1. The molecule has 1 aromatic rings. The lowest BCUT2D eigenvalue weighted by atomic mass is 9.82. The van der Waals surface area contributed by atoms with E-state index in [4.69, 9.17) is 4.84 Å². The maximum absolute atomic E-state index is 11.2. The van der Waals surface area contributed by atoms with Crippen LogP contribution in [0, 0.1) is 11.8 Å². The van der Waals surface area contributed by atoms with Gasteiger partial charge >= 0.3 is 5.97 Å². The largest absolute Gasteiger partial charge is 0.466 e. The summed E-state index contributed by atoms with van der Waals surface area (Å²) >= 11 is 0.